The SMILES string of the molecule is CCc1ccc(-c2nc(CC(=O)N3CCC(CO)CC3)cs2)cc1. The zero-order valence-corrected chi connectivity index (χ0v) is 14.9. The number of benzene rings is 1. The first-order valence-corrected chi connectivity index (χ1v) is 9.50. The molecule has 1 N–H and O–H groups in total. The molecule has 3 rings (SSSR count). The van der Waals surface area contributed by atoms with E-state index in [-0.39, 0.29) is 12.5 Å². The number of piperidine rings is 1. The van der Waals surface area contributed by atoms with Crippen molar-refractivity contribution in [3.63, 3.8) is 0 Å². The second kappa shape index (κ2) is 7.90. The smallest absolute Gasteiger partial charge is 0.228 e. The minimum Gasteiger partial charge on any atom is -0.396 e. The molecule has 2 heterocycles. The highest BCUT2D eigenvalue weighted by Gasteiger charge is 2.22. The number of rotatable bonds is 5. The van der Waals surface area contributed by atoms with Gasteiger partial charge in [-0.1, -0.05) is 31.2 Å². The van der Waals surface area contributed by atoms with Crippen molar-refractivity contribution in [1.82, 2.24) is 9.88 Å². The van der Waals surface area contributed by atoms with Crippen LogP contribution < -0.4 is 0 Å². The number of aryl methyl sites for hydroxylation is 1. The van der Waals surface area contributed by atoms with Crippen LogP contribution in [0.15, 0.2) is 29.6 Å². The first-order valence-electron chi connectivity index (χ1n) is 8.62. The molecule has 5 heteroatoms. The Morgan fingerprint density at radius 3 is 2.62 bits per heavy atom. The summed E-state index contributed by atoms with van der Waals surface area (Å²) in [6.45, 7) is 3.87. The Kier molecular flexibility index (Phi) is 5.63. The van der Waals surface area contributed by atoms with Crippen molar-refractivity contribution in [2.75, 3.05) is 19.7 Å². The van der Waals surface area contributed by atoms with Crippen LogP contribution in [-0.4, -0.2) is 40.6 Å². The number of carbonyl (C=O) groups excluding carboxylic acids is 1. The molecule has 4 nitrogen and oxygen atoms in total. The number of likely N-dealkylation sites (tertiary alicyclic amines) is 1. The molecule has 1 amide bonds. The number of nitrogens with zero attached hydrogens (tertiary/aromatic N) is 2. The Morgan fingerprint density at radius 1 is 1.29 bits per heavy atom. The van der Waals surface area contributed by atoms with E-state index in [4.69, 9.17) is 0 Å². The Balaban J connectivity index is 1.60. The molecule has 0 aliphatic carbocycles. The molecule has 1 fully saturated rings. The number of aromatic nitrogens is 1. The minimum absolute atomic E-state index is 0.143. The lowest BCUT2D eigenvalue weighted by Crippen LogP contribution is -2.40. The Hall–Kier alpha value is -1.72. The van der Waals surface area contributed by atoms with Gasteiger partial charge in [0.1, 0.15) is 5.01 Å². The number of hydrogen-bond donors (Lipinski definition) is 1. The van der Waals surface area contributed by atoms with E-state index in [1.165, 1.54) is 5.56 Å². The van der Waals surface area contributed by atoms with Crippen LogP contribution in [0.3, 0.4) is 0 Å². The van der Waals surface area contributed by atoms with Crippen LogP contribution in [0.1, 0.15) is 31.0 Å². The van der Waals surface area contributed by atoms with Crippen LogP contribution in [0, 0.1) is 5.92 Å². The van der Waals surface area contributed by atoms with Gasteiger partial charge in [0.15, 0.2) is 0 Å². The van der Waals surface area contributed by atoms with Gasteiger partial charge in [-0.3, -0.25) is 4.79 Å². The van der Waals surface area contributed by atoms with E-state index in [0.717, 1.165) is 48.6 Å². The molecule has 0 saturated carbocycles. The molecule has 0 radical (unpaired) electrons. The third-order valence-corrected chi connectivity index (χ3v) is 5.66. The lowest BCUT2D eigenvalue weighted by molar-refractivity contribution is -0.132. The highest BCUT2D eigenvalue weighted by molar-refractivity contribution is 7.13. The molecule has 0 spiro atoms. The average molecular weight is 344 g/mol. The first kappa shape index (κ1) is 17.1. The van der Waals surface area contributed by atoms with Crippen LogP contribution in [-0.2, 0) is 17.6 Å². The highest BCUT2D eigenvalue weighted by Crippen LogP contribution is 2.25. The summed E-state index contributed by atoms with van der Waals surface area (Å²) < 4.78 is 0. The van der Waals surface area contributed by atoms with Crippen LogP contribution in [0.4, 0.5) is 0 Å². The van der Waals surface area contributed by atoms with Gasteiger partial charge in [-0.05, 0) is 30.7 Å². The van der Waals surface area contributed by atoms with Gasteiger partial charge in [0.05, 0.1) is 12.1 Å². The van der Waals surface area contributed by atoms with E-state index in [1.807, 2.05) is 10.3 Å². The van der Waals surface area contributed by atoms with Gasteiger partial charge in [0.2, 0.25) is 5.91 Å². The Labute approximate surface area is 147 Å². The quantitative estimate of drug-likeness (QED) is 0.906. The molecule has 1 saturated heterocycles. The lowest BCUT2D eigenvalue weighted by atomic mass is 9.97. The largest absolute Gasteiger partial charge is 0.396 e. The summed E-state index contributed by atoms with van der Waals surface area (Å²) in [5, 5.41) is 12.1. The molecule has 128 valence electrons. The van der Waals surface area contributed by atoms with Crippen LogP contribution in [0.25, 0.3) is 10.6 Å². The average Bonchev–Trinajstić information content (AvgIpc) is 3.10. The van der Waals surface area contributed by atoms with Crippen molar-refractivity contribution in [3.8, 4) is 10.6 Å². The molecule has 0 unspecified atom stereocenters. The van der Waals surface area contributed by atoms with Gasteiger partial charge in [0, 0.05) is 30.6 Å². The Bertz CT molecular complexity index is 673. The summed E-state index contributed by atoms with van der Waals surface area (Å²) in [7, 11) is 0. The predicted octanol–water partition coefficient (Wildman–Crippen LogP) is 3.15. The maximum absolute atomic E-state index is 12.4. The fourth-order valence-electron chi connectivity index (χ4n) is 3.04. The first-order chi connectivity index (χ1) is 11.7. The summed E-state index contributed by atoms with van der Waals surface area (Å²) in [6, 6.07) is 8.46. The summed E-state index contributed by atoms with van der Waals surface area (Å²) in [4.78, 5) is 19.0. The van der Waals surface area contributed by atoms with E-state index in [9.17, 15) is 9.90 Å². The zero-order valence-electron chi connectivity index (χ0n) is 14.1. The van der Waals surface area contributed by atoms with Crippen molar-refractivity contribution in [2.24, 2.45) is 5.92 Å². The molecule has 1 aromatic carbocycles. The second-order valence-electron chi connectivity index (χ2n) is 6.38. The molecule has 1 aliphatic heterocycles. The topological polar surface area (TPSA) is 53.4 Å². The molecule has 1 aromatic heterocycles. The second-order valence-corrected chi connectivity index (χ2v) is 7.24. The maximum Gasteiger partial charge on any atom is 0.228 e. The van der Waals surface area contributed by atoms with Crippen molar-refractivity contribution < 1.29 is 9.90 Å². The van der Waals surface area contributed by atoms with Gasteiger partial charge in [-0.2, -0.15) is 0 Å². The molecular weight excluding hydrogens is 320 g/mol. The number of amides is 1. The van der Waals surface area contributed by atoms with E-state index in [2.05, 4.69) is 36.2 Å². The van der Waals surface area contributed by atoms with Crippen molar-refractivity contribution in [1.29, 1.82) is 0 Å². The summed E-state index contributed by atoms with van der Waals surface area (Å²) in [5.41, 5.74) is 3.28. The highest BCUT2D eigenvalue weighted by atomic mass is 32.1. The third kappa shape index (κ3) is 4.02. The van der Waals surface area contributed by atoms with Crippen LogP contribution in [0.2, 0.25) is 0 Å². The lowest BCUT2D eigenvalue weighted by Gasteiger charge is -2.31. The zero-order chi connectivity index (χ0) is 16.9. The predicted molar refractivity (Wildman–Crippen MR) is 97.0 cm³/mol. The Morgan fingerprint density at radius 2 is 2.00 bits per heavy atom. The molecule has 0 atom stereocenters. The minimum atomic E-state index is 0.143. The van der Waals surface area contributed by atoms with Crippen molar-refractivity contribution in [2.45, 2.75) is 32.6 Å². The fraction of sp³-hybridized carbons (Fsp3) is 0.474. The van der Waals surface area contributed by atoms with Gasteiger partial charge in [-0.25, -0.2) is 4.98 Å². The van der Waals surface area contributed by atoms with Crippen molar-refractivity contribution in [3.05, 3.63) is 40.9 Å². The molecule has 24 heavy (non-hydrogen) atoms. The number of carbonyl (C=O) groups is 1. The van der Waals surface area contributed by atoms with Gasteiger partial charge < -0.3 is 10.0 Å². The fourth-order valence-corrected chi connectivity index (χ4v) is 3.86. The standard InChI is InChI=1S/C19H24N2O2S/c1-2-14-3-5-16(6-4-14)19-20-17(13-24-19)11-18(23)21-9-7-15(12-22)8-10-21/h3-6,13,15,22H,2,7-12H2,1H3. The number of thiazole rings is 1. The van der Waals surface area contributed by atoms with E-state index in [0.29, 0.717) is 12.3 Å². The number of hydrogen-bond acceptors (Lipinski definition) is 4. The molecule has 2 aromatic rings. The van der Waals surface area contributed by atoms with Gasteiger partial charge in [-0.15, -0.1) is 11.3 Å². The molecule has 1 aliphatic rings. The monoisotopic (exact) mass is 344 g/mol. The van der Waals surface area contributed by atoms with Crippen LogP contribution in [0.5, 0.6) is 0 Å². The van der Waals surface area contributed by atoms with Gasteiger partial charge >= 0.3 is 0 Å². The van der Waals surface area contributed by atoms with Gasteiger partial charge in [0.25, 0.3) is 0 Å². The third-order valence-electron chi connectivity index (χ3n) is 4.72. The van der Waals surface area contributed by atoms with Crippen molar-refractivity contribution >= 4 is 17.2 Å². The normalized spacial score (nSPS) is 15.7. The summed E-state index contributed by atoms with van der Waals surface area (Å²) >= 11 is 1.59. The summed E-state index contributed by atoms with van der Waals surface area (Å²) in [5.74, 6) is 0.496. The number of aliphatic hydroxyl groups is 1. The molecule has 0 bridgehead atoms. The number of aliphatic hydroxyl groups excluding tert-OH is 1. The van der Waals surface area contributed by atoms with E-state index in [1.54, 1.807) is 11.3 Å². The molecular formula is C19H24N2O2S. The van der Waals surface area contributed by atoms with E-state index < -0.39 is 0 Å². The summed E-state index contributed by atoms with van der Waals surface area (Å²) in [6.07, 6.45) is 3.20. The van der Waals surface area contributed by atoms with Crippen LogP contribution >= 0.6 is 11.3 Å². The maximum atomic E-state index is 12.4. The van der Waals surface area contributed by atoms with E-state index >= 15 is 0 Å².